The topological polar surface area (TPSA) is 63.8 Å². The van der Waals surface area contributed by atoms with E-state index in [1.807, 2.05) is 25.1 Å². The van der Waals surface area contributed by atoms with E-state index in [0.29, 0.717) is 22.9 Å². The van der Waals surface area contributed by atoms with Crippen LogP contribution in [0.1, 0.15) is 11.4 Å². The maximum absolute atomic E-state index is 6.00. The monoisotopic (exact) mass is 248 g/mol. The van der Waals surface area contributed by atoms with Gasteiger partial charge in [-0.25, -0.2) is 0 Å². The van der Waals surface area contributed by atoms with Crippen molar-refractivity contribution in [3.05, 3.63) is 47.0 Å². The standard InChI is InChI=1S/C12H13ClN4/c1-8-3-2-4-9(17-8)5-16-12-10(13)6-15-7-11(12)14/h2-4,6-7H,5,14H2,1H3,(H,15,16). The summed E-state index contributed by atoms with van der Waals surface area (Å²) in [5, 5.41) is 3.68. The molecule has 2 heterocycles. The molecule has 0 aromatic carbocycles. The van der Waals surface area contributed by atoms with Crippen LogP contribution >= 0.6 is 11.6 Å². The number of nitrogens with one attached hydrogen (secondary N) is 1. The number of aryl methyl sites for hydroxylation is 1. The molecule has 0 saturated carbocycles. The second-order valence-electron chi connectivity index (χ2n) is 3.71. The van der Waals surface area contributed by atoms with Gasteiger partial charge >= 0.3 is 0 Å². The molecule has 0 spiro atoms. The molecule has 0 fully saturated rings. The number of hydrogen-bond donors (Lipinski definition) is 2. The zero-order valence-corrected chi connectivity index (χ0v) is 10.2. The second-order valence-corrected chi connectivity index (χ2v) is 4.12. The van der Waals surface area contributed by atoms with E-state index in [9.17, 15) is 0 Å². The Morgan fingerprint density at radius 2 is 2.18 bits per heavy atom. The molecule has 0 saturated heterocycles. The molecule has 17 heavy (non-hydrogen) atoms. The fourth-order valence-electron chi connectivity index (χ4n) is 1.51. The van der Waals surface area contributed by atoms with Gasteiger partial charge in [0.05, 0.1) is 34.8 Å². The van der Waals surface area contributed by atoms with Crippen LogP contribution in [0.15, 0.2) is 30.6 Å². The van der Waals surface area contributed by atoms with E-state index in [-0.39, 0.29) is 0 Å². The lowest BCUT2D eigenvalue weighted by Crippen LogP contribution is -2.05. The zero-order chi connectivity index (χ0) is 12.3. The van der Waals surface area contributed by atoms with Crippen molar-refractivity contribution < 1.29 is 0 Å². The Labute approximate surface area is 105 Å². The van der Waals surface area contributed by atoms with Gasteiger partial charge in [-0.2, -0.15) is 0 Å². The molecule has 0 aliphatic rings. The maximum Gasteiger partial charge on any atom is 0.0841 e. The van der Waals surface area contributed by atoms with E-state index in [1.54, 1.807) is 12.4 Å². The van der Waals surface area contributed by atoms with Crippen LogP contribution in [0.3, 0.4) is 0 Å². The van der Waals surface area contributed by atoms with Crippen LogP contribution < -0.4 is 11.1 Å². The SMILES string of the molecule is Cc1cccc(CNc2c(N)cncc2Cl)n1. The van der Waals surface area contributed by atoms with E-state index in [0.717, 1.165) is 11.4 Å². The minimum absolute atomic E-state index is 0.512. The largest absolute Gasteiger partial charge is 0.396 e. The number of anilines is 2. The molecule has 0 radical (unpaired) electrons. The Kier molecular flexibility index (Phi) is 3.44. The van der Waals surface area contributed by atoms with Gasteiger partial charge in [0, 0.05) is 11.9 Å². The minimum atomic E-state index is 0.512. The van der Waals surface area contributed by atoms with Gasteiger partial charge in [-0.05, 0) is 19.1 Å². The first-order valence-electron chi connectivity index (χ1n) is 5.22. The van der Waals surface area contributed by atoms with E-state index in [1.165, 1.54) is 0 Å². The first kappa shape index (κ1) is 11.7. The van der Waals surface area contributed by atoms with Gasteiger partial charge in [0.25, 0.3) is 0 Å². The quantitative estimate of drug-likeness (QED) is 0.877. The molecule has 5 heteroatoms. The molecular weight excluding hydrogens is 236 g/mol. The van der Waals surface area contributed by atoms with Gasteiger partial charge in [-0.15, -0.1) is 0 Å². The predicted molar refractivity (Wildman–Crippen MR) is 70.0 cm³/mol. The van der Waals surface area contributed by atoms with Crippen molar-refractivity contribution in [1.82, 2.24) is 9.97 Å². The fourth-order valence-corrected chi connectivity index (χ4v) is 1.75. The number of nitrogens with two attached hydrogens (primary N) is 1. The highest BCUT2D eigenvalue weighted by Crippen LogP contribution is 2.26. The van der Waals surface area contributed by atoms with E-state index in [4.69, 9.17) is 17.3 Å². The highest BCUT2D eigenvalue weighted by Gasteiger charge is 2.04. The summed E-state index contributed by atoms with van der Waals surface area (Å²) in [6.07, 6.45) is 3.13. The number of rotatable bonds is 3. The molecule has 0 bridgehead atoms. The fraction of sp³-hybridized carbons (Fsp3) is 0.167. The lowest BCUT2D eigenvalue weighted by molar-refractivity contribution is 1.01. The molecule has 88 valence electrons. The van der Waals surface area contributed by atoms with Crippen molar-refractivity contribution >= 4 is 23.0 Å². The number of nitrogens with zero attached hydrogens (tertiary/aromatic N) is 2. The summed E-state index contributed by atoms with van der Waals surface area (Å²) >= 11 is 6.00. The molecule has 0 atom stereocenters. The number of aromatic nitrogens is 2. The van der Waals surface area contributed by atoms with Gasteiger partial charge in [0.15, 0.2) is 0 Å². The Morgan fingerprint density at radius 3 is 2.88 bits per heavy atom. The van der Waals surface area contributed by atoms with Crippen LogP contribution in [0.2, 0.25) is 5.02 Å². The number of nitrogen functional groups attached to an aromatic ring is 1. The van der Waals surface area contributed by atoms with Crippen molar-refractivity contribution in [3.8, 4) is 0 Å². The number of hydrogen-bond acceptors (Lipinski definition) is 4. The van der Waals surface area contributed by atoms with Crippen molar-refractivity contribution in [3.63, 3.8) is 0 Å². The van der Waals surface area contributed by atoms with Gasteiger partial charge in [-0.1, -0.05) is 17.7 Å². The summed E-state index contributed by atoms with van der Waals surface area (Å²) < 4.78 is 0. The number of halogens is 1. The third-order valence-corrected chi connectivity index (χ3v) is 2.61. The molecule has 3 N–H and O–H groups in total. The normalized spacial score (nSPS) is 10.2. The van der Waals surface area contributed by atoms with Crippen molar-refractivity contribution in [2.45, 2.75) is 13.5 Å². The van der Waals surface area contributed by atoms with Crippen LogP contribution in [0.4, 0.5) is 11.4 Å². The molecule has 0 unspecified atom stereocenters. The third kappa shape index (κ3) is 2.85. The molecule has 4 nitrogen and oxygen atoms in total. The molecular formula is C12H13ClN4. The Balaban J connectivity index is 2.13. The minimum Gasteiger partial charge on any atom is -0.396 e. The smallest absolute Gasteiger partial charge is 0.0841 e. The van der Waals surface area contributed by atoms with Crippen LogP contribution in [0.5, 0.6) is 0 Å². The molecule has 2 aromatic rings. The lowest BCUT2D eigenvalue weighted by atomic mass is 10.3. The highest BCUT2D eigenvalue weighted by atomic mass is 35.5. The highest BCUT2D eigenvalue weighted by molar-refractivity contribution is 6.33. The first-order valence-corrected chi connectivity index (χ1v) is 5.60. The summed E-state index contributed by atoms with van der Waals surface area (Å²) in [6.45, 7) is 2.53. The van der Waals surface area contributed by atoms with Gasteiger partial charge in [0.1, 0.15) is 0 Å². The van der Waals surface area contributed by atoms with E-state index < -0.39 is 0 Å². The van der Waals surface area contributed by atoms with Crippen LogP contribution in [-0.4, -0.2) is 9.97 Å². The Bertz CT molecular complexity index is 507. The van der Waals surface area contributed by atoms with Crippen molar-refractivity contribution in [2.24, 2.45) is 0 Å². The Hall–Kier alpha value is -1.81. The summed E-state index contributed by atoms with van der Waals surface area (Å²) in [5.41, 5.74) is 8.94. The molecule has 0 amide bonds. The van der Waals surface area contributed by atoms with Crippen molar-refractivity contribution in [1.29, 1.82) is 0 Å². The van der Waals surface area contributed by atoms with Gasteiger partial charge in [-0.3, -0.25) is 9.97 Å². The lowest BCUT2D eigenvalue weighted by Gasteiger charge is -2.10. The third-order valence-electron chi connectivity index (χ3n) is 2.32. The van der Waals surface area contributed by atoms with Gasteiger partial charge < -0.3 is 11.1 Å². The maximum atomic E-state index is 6.00. The molecule has 0 aliphatic heterocycles. The average molecular weight is 249 g/mol. The van der Waals surface area contributed by atoms with E-state index >= 15 is 0 Å². The summed E-state index contributed by atoms with van der Waals surface area (Å²) in [5.74, 6) is 0. The number of pyridine rings is 2. The van der Waals surface area contributed by atoms with E-state index in [2.05, 4.69) is 15.3 Å². The summed E-state index contributed by atoms with van der Waals surface area (Å²) in [6, 6.07) is 5.87. The summed E-state index contributed by atoms with van der Waals surface area (Å²) in [7, 11) is 0. The predicted octanol–water partition coefficient (Wildman–Crippen LogP) is 2.63. The zero-order valence-electron chi connectivity index (χ0n) is 9.44. The van der Waals surface area contributed by atoms with Gasteiger partial charge in [0.2, 0.25) is 0 Å². The Morgan fingerprint density at radius 1 is 1.35 bits per heavy atom. The molecule has 0 aliphatic carbocycles. The second kappa shape index (κ2) is 5.01. The van der Waals surface area contributed by atoms with Crippen molar-refractivity contribution in [2.75, 3.05) is 11.1 Å². The van der Waals surface area contributed by atoms with Crippen LogP contribution in [0.25, 0.3) is 0 Å². The van der Waals surface area contributed by atoms with Crippen LogP contribution in [0, 0.1) is 6.92 Å². The average Bonchev–Trinajstić information content (AvgIpc) is 2.28. The van der Waals surface area contributed by atoms with Crippen LogP contribution in [-0.2, 0) is 6.54 Å². The molecule has 2 aromatic heterocycles. The molecule has 2 rings (SSSR count). The first-order chi connectivity index (χ1) is 8.16. The summed E-state index contributed by atoms with van der Waals surface area (Å²) in [4.78, 5) is 8.29.